The lowest BCUT2D eigenvalue weighted by atomic mass is 10.0. The van der Waals surface area contributed by atoms with Gasteiger partial charge in [-0.1, -0.05) is 15.9 Å². The topological polar surface area (TPSA) is 26.3 Å². The van der Waals surface area contributed by atoms with Gasteiger partial charge in [0.25, 0.3) is 0 Å². The van der Waals surface area contributed by atoms with Crippen LogP contribution in [0, 0.1) is 12.7 Å². The van der Waals surface area contributed by atoms with E-state index >= 15 is 0 Å². The van der Waals surface area contributed by atoms with Crippen molar-refractivity contribution in [1.82, 2.24) is 0 Å². The van der Waals surface area contributed by atoms with Crippen molar-refractivity contribution in [2.24, 2.45) is 0 Å². The summed E-state index contributed by atoms with van der Waals surface area (Å²) in [7, 11) is 1.45. The molecule has 0 amide bonds. The van der Waals surface area contributed by atoms with Crippen molar-refractivity contribution < 1.29 is 13.9 Å². The van der Waals surface area contributed by atoms with Gasteiger partial charge in [0.05, 0.1) is 12.7 Å². The fourth-order valence-corrected chi connectivity index (χ4v) is 2.49. The molecule has 0 saturated carbocycles. The lowest BCUT2D eigenvalue weighted by Gasteiger charge is -2.08. The fraction of sp³-hybridized carbons (Fsp3) is 0.133. The molecule has 2 rings (SSSR count). The second kappa shape index (κ2) is 5.53. The van der Waals surface area contributed by atoms with E-state index in [2.05, 4.69) is 15.9 Å². The number of carbonyl (C=O) groups is 1. The first-order valence-corrected chi connectivity index (χ1v) is 6.46. The van der Waals surface area contributed by atoms with Crippen LogP contribution in [0.25, 0.3) is 0 Å². The van der Waals surface area contributed by atoms with Crippen LogP contribution >= 0.6 is 15.9 Å². The first-order chi connectivity index (χ1) is 9.01. The van der Waals surface area contributed by atoms with Crippen molar-refractivity contribution >= 4 is 21.7 Å². The number of rotatable bonds is 3. The van der Waals surface area contributed by atoms with E-state index in [9.17, 15) is 9.18 Å². The molecule has 0 aliphatic carbocycles. The van der Waals surface area contributed by atoms with Gasteiger partial charge in [0.1, 0.15) is 11.6 Å². The molecule has 2 nitrogen and oxygen atoms in total. The van der Waals surface area contributed by atoms with E-state index in [-0.39, 0.29) is 11.3 Å². The smallest absolute Gasteiger partial charge is 0.196 e. The van der Waals surface area contributed by atoms with Crippen molar-refractivity contribution in [3.8, 4) is 5.75 Å². The minimum absolute atomic E-state index is 0.222. The number of ether oxygens (including phenoxy) is 1. The van der Waals surface area contributed by atoms with Gasteiger partial charge >= 0.3 is 0 Å². The molecule has 0 atom stereocenters. The van der Waals surface area contributed by atoms with Crippen LogP contribution in [0.4, 0.5) is 4.39 Å². The standard InChI is InChI=1S/C15H12BrFO2/c1-9-5-10(7-11(16)6-9)15(18)13-8-12(17)3-4-14(13)19-2/h3-8H,1-2H3. The van der Waals surface area contributed by atoms with E-state index in [0.717, 1.165) is 10.0 Å². The molecule has 0 unspecified atom stereocenters. The van der Waals surface area contributed by atoms with Crippen molar-refractivity contribution in [3.05, 3.63) is 63.4 Å². The van der Waals surface area contributed by atoms with E-state index in [1.807, 2.05) is 13.0 Å². The lowest BCUT2D eigenvalue weighted by molar-refractivity contribution is 0.103. The maximum absolute atomic E-state index is 13.3. The van der Waals surface area contributed by atoms with Crippen LogP contribution in [-0.2, 0) is 0 Å². The summed E-state index contributed by atoms with van der Waals surface area (Å²) < 4.78 is 19.2. The molecular weight excluding hydrogens is 311 g/mol. The molecule has 0 bridgehead atoms. The Bertz CT molecular complexity index is 618. The Hall–Kier alpha value is -1.68. The normalized spacial score (nSPS) is 10.3. The van der Waals surface area contributed by atoms with Gasteiger partial charge in [-0.25, -0.2) is 4.39 Å². The van der Waals surface area contributed by atoms with Crippen LogP contribution in [0.3, 0.4) is 0 Å². The zero-order valence-electron chi connectivity index (χ0n) is 10.5. The van der Waals surface area contributed by atoms with Crippen LogP contribution in [0.2, 0.25) is 0 Å². The number of carbonyl (C=O) groups excluding carboxylic acids is 1. The number of methoxy groups -OCH3 is 1. The summed E-state index contributed by atoms with van der Waals surface area (Å²) in [6, 6.07) is 9.28. The molecule has 0 saturated heterocycles. The molecule has 0 radical (unpaired) electrons. The monoisotopic (exact) mass is 322 g/mol. The Labute approximate surface area is 119 Å². The zero-order chi connectivity index (χ0) is 14.0. The maximum Gasteiger partial charge on any atom is 0.196 e. The molecule has 98 valence electrons. The maximum atomic E-state index is 13.3. The van der Waals surface area contributed by atoms with Gasteiger partial charge in [-0.15, -0.1) is 0 Å². The molecule has 2 aromatic rings. The Balaban J connectivity index is 2.52. The number of hydrogen-bond acceptors (Lipinski definition) is 2. The van der Waals surface area contributed by atoms with E-state index < -0.39 is 5.82 Å². The molecule has 0 aliphatic heterocycles. The Morgan fingerprint density at radius 3 is 2.58 bits per heavy atom. The second-order valence-electron chi connectivity index (χ2n) is 4.19. The van der Waals surface area contributed by atoms with Gasteiger partial charge in [0.15, 0.2) is 5.78 Å². The van der Waals surface area contributed by atoms with Crippen molar-refractivity contribution in [2.45, 2.75) is 6.92 Å². The van der Waals surface area contributed by atoms with Crippen LogP contribution in [-0.4, -0.2) is 12.9 Å². The van der Waals surface area contributed by atoms with Gasteiger partial charge < -0.3 is 4.74 Å². The summed E-state index contributed by atoms with van der Waals surface area (Å²) >= 11 is 3.35. The van der Waals surface area contributed by atoms with E-state index in [1.54, 1.807) is 12.1 Å². The van der Waals surface area contributed by atoms with Gasteiger partial charge in [-0.05, 0) is 48.9 Å². The van der Waals surface area contributed by atoms with E-state index in [0.29, 0.717) is 11.3 Å². The molecule has 0 heterocycles. The number of aryl methyl sites for hydroxylation is 1. The summed E-state index contributed by atoms with van der Waals surface area (Å²) in [6.45, 7) is 1.89. The average Bonchev–Trinajstić information content (AvgIpc) is 2.36. The van der Waals surface area contributed by atoms with Crippen molar-refractivity contribution in [1.29, 1.82) is 0 Å². The van der Waals surface area contributed by atoms with E-state index in [1.165, 1.54) is 25.3 Å². The van der Waals surface area contributed by atoms with Crippen LogP contribution in [0.1, 0.15) is 21.5 Å². The highest BCUT2D eigenvalue weighted by Gasteiger charge is 2.16. The third-order valence-corrected chi connectivity index (χ3v) is 3.17. The molecule has 0 aliphatic rings. The summed E-state index contributed by atoms with van der Waals surface area (Å²) in [6.07, 6.45) is 0. The van der Waals surface area contributed by atoms with Crippen LogP contribution in [0.5, 0.6) is 5.75 Å². The minimum Gasteiger partial charge on any atom is -0.496 e. The van der Waals surface area contributed by atoms with Crippen molar-refractivity contribution in [2.75, 3.05) is 7.11 Å². The fourth-order valence-electron chi connectivity index (χ4n) is 1.88. The Kier molecular flexibility index (Phi) is 4.00. The molecule has 19 heavy (non-hydrogen) atoms. The first-order valence-electron chi connectivity index (χ1n) is 5.66. The third-order valence-electron chi connectivity index (χ3n) is 2.71. The SMILES string of the molecule is COc1ccc(F)cc1C(=O)c1cc(C)cc(Br)c1. The highest BCUT2D eigenvalue weighted by Crippen LogP contribution is 2.24. The largest absolute Gasteiger partial charge is 0.496 e. The van der Waals surface area contributed by atoms with E-state index in [4.69, 9.17) is 4.74 Å². The van der Waals surface area contributed by atoms with Crippen LogP contribution in [0.15, 0.2) is 40.9 Å². The summed E-state index contributed by atoms with van der Waals surface area (Å²) in [5.74, 6) is -0.361. The highest BCUT2D eigenvalue weighted by molar-refractivity contribution is 9.10. The van der Waals surface area contributed by atoms with Gasteiger partial charge in [0.2, 0.25) is 0 Å². The zero-order valence-corrected chi connectivity index (χ0v) is 12.1. The van der Waals surface area contributed by atoms with Gasteiger partial charge in [-0.2, -0.15) is 0 Å². The third kappa shape index (κ3) is 3.01. The Morgan fingerprint density at radius 1 is 1.21 bits per heavy atom. The molecule has 4 heteroatoms. The lowest BCUT2D eigenvalue weighted by Crippen LogP contribution is -2.05. The molecule has 0 aromatic heterocycles. The summed E-state index contributed by atoms with van der Waals surface area (Å²) in [4.78, 5) is 12.4. The van der Waals surface area contributed by atoms with Crippen LogP contribution < -0.4 is 4.74 Å². The molecular formula is C15H12BrFO2. The molecule has 0 spiro atoms. The predicted molar refractivity (Wildman–Crippen MR) is 75.3 cm³/mol. The number of hydrogen-bond donors (Lipinski definition) is 0. The number of benzene rings is 2. The quantitative estimate of drug-likeness (QED) is 0.794. The van der Waals surface area contributed by atoms with Gasteiger partial charge in [-0.3, -0.25) is 4.79 Å². The highest BCUT2D eigenvalue weighted by atomic mass is 79.9. The average molecular weight is 323 g/mol. The second-order valence-corrected chi connectivity index (χ2v) is 5.11. The molecule has 0 N–H and O–H groups in total. The predicted octanol–water partition coefficient (Wildman–Crippen LogP) is 4.14. The molecule has 2 aromatic carbocycles. The number of halogens is 2. The first kappa shape index (κ1) is 13.7. The molecule has 0 fully saturated rings. The number of ketones is 1. The van der Waals surface area contributed by atoms with Gasteiger partial charge in [0, 0.05) is 10.0 Å². The summed E-state index contributed by atoms with van der Waals surface area (Å²) in [5.41, 5.74) is 1.67. The Morgan fingerprint density at radius 2 is 1.95 bits per heavy atom. The summed E-state index contributed by atoms with van der Waals surface area (Å²) in [5, 5.41) is 0. The minimum atomic E-state index is -0.462. The van der Waals surface area contributed by atoms with Crippen molar-refractivity contribution in [3.63, 3.8) is 0 Å².